The number of aryl methyl sites for hydroxylation is 1. The van der Waals surface area contributed by atoms with Crippen LogP contribution in [0.4, 0.5) is 0 Å². The van der Waals surface area contributed by atoms with Crippen molar-refractivity contribution in [2.24, 2.45) is 0 Å². The molecule has 2 aromatic rings. The summed E-state index contributed by atoms with van der Waals surface area (Å²) in [6, 6.07) is 17.7. The van der Waals surface area contributed by atoms with Crippen LogP contribution >= 0.6 is 15.9 Å². The Bertz CT molecular complexity index is 491. The summed E-state index contributed by atoms with van der Waals surface area (Å²) in [6.07, 6.45) is 0. The van der Waals surface area contributed by atoms with Crippen LogP contribution in [0.2, 0.25) is 5.21 Å². The third kappa shape index (κ3) is 3.03. The van der Waals surface area contributed by atoms with Crippen LogP contribution in [0.1, 0.15) is 12.5 Å². The maximum atomic E-state index is 3.50. The molecule has 1 unspecified atom stereocenters. The topological polar surface area (TPSA) is 0 Å². The molecule has 0 spiro atoms. The fourth-order valence-electron chi connectivity index (χ4n) is 1.98. The van der Waals surface area contributed by atoms with E-state index in [1.54, 1.807) is 4.35 Å². The second kappa shape index (κ2) is 5.89. The minimum absolute atomic E-state index is 1.09. The molecule has 1 atom stereocenters. The molecule has 0 saturated heterocycles. The molecule has 17 heavy (non-hydrogen) atoms. The van der Waals surface area contributed by atoms with Crippen molar-refractivity contribution < 1.29 is 0 Å². The first kappa shape index (κ1) is 12.9. The van der Waals surface area contributed by atoms with Crippen molar-refractivity contribution in [1.29, 1.82) is 0 Å². The van der Waals surface area contributed by atoms with E-state index in [9.17, 15) is 0 Å². The molecule has 0 aliphatic rings. The molecule has 0 aromatic heterocycles. The molecule has 2 aromatic carbocycles. The van der Waals surface area contributed by atoms with Crippen molar-refractivity contribution in [3.63, 3.8) is 0 Å². The van der Waals surface area contributed by atoms with Gasteiger partial charge in [-0.1, -0.05) is 0 Å². The van der Waals surface area contributed by atoms with Gasteiger partial charge in [0.25, 0.3) is 0 Å². The van der Waals surface area contributed by atoms with Gasteiger partial charge in [0.2, 0.25) is 0 Å². The first-order valence-electron chi connectivity index (χ1n) is 5.81. The van der Waals surface area contributed by atoms with E-state index in [1.807, 2.05) is 0 Å². The third-order valence-electron chi connectivity index (χ3n) is 2.86. The van der Waals surface area contributed by atoms with Gasteiger partial charge in [0, 0.05) is 0 Å². The van der Waals surface area contributed by atoms with Crippen LogP contribution < -0.4 is 8.70 Å². The third-order valence-corrected chi connectivity index (χ3v) is 8.92. The van der Waals surface area contributed by atoms with Gasteiger partial charge in [0.1, 0.15) is 0 Å². The van der Waals surface area contributed by atoms with Crippen LogP contribution in [0.25, 0.3) is 0 Å². The van der Waals surface area contributed by atoms with E-state index in [0.717, 1.165) is 4.47 Å². The molecule has 0 heterocycles. The van der Waals surface area contributed by atoms with Crippen LogP contribution in [0, 0.1) is 6.92 Å². The number of rotatable bonds is 3. The maximum absolute atomic E-state index is 3.50. The molecular weight excluding hydrogens is 335 g/mol. The van der Waals surface area contributed by atoms with Crippen LogP contribution in [-0.4, -0.2) is 14.7 Å². The number of halogens is 1. The van der Waals surface area contributed by atoms with Gasteiger partial charge in [0.05, 0.1) is 0 Å². The van der Waals surface area contributed by atoms with Crippen molar-refractivity contribution in [1.82, 2.24) is 0 Å². The van der Waals surface area contributed by atoms with Crippen molar-refractivity contribution >= 4 is 39.3 Å². The van der Waals surface area contributed by atoms with Gasteiger partial charge in [-0.2, -0.15) is 0 Å². The molecule has 0 aliphatic heterocycles. The molecule has 0 N–H and O–H groups in total. The van der Waals surface area contributed by atoms with Crippen LogP contribution in [-0.2, 0) is 0 Å². The van der Waals surface area contributed by atoms with E-state index in [1.165, 1.54) is 15.1 Å². The molecule has 0 amide bonds. The van der Waals surface area contributed by atoms with E-state index in [0.29, 0.717) is 0 Å². The molecule has 0 fully saturated rings. The molecule has 0 nitrogen and oxygen atoms in total. The second-order valence-electron chi connectivity index (χ2n) is 4.01. The molecular formula is C15H16AsBr. The quantitative estimate of drug-likeness (QED) is 0.744. The van der Waals surface area contributed by atoms with Gasteiger partial charge in [-0.3, -0.25) is 0 Å². The van der Waals surface area contributed by atoms with Gasteiger partial charge in [-0.15, -0.1) is 0 Å². The zero-order valence-corrected chi connectivity index (χ0v) is 13.6. The Morgan fingerprint density at radius 1 is 1.00 bits per heavy atom. The predicted octanol–water partition coefficient (Wildman–Crippen LogP) is 3.39. The summed E-state index contributed by atoms with van der Waals surface area (Å²) < 4.78 is 4.29. The average Bonchev–Trinajstić information content (AvgIpc) is 2.35. The Morgan fingerprint density at radius 3 is 2.24 bits per heavy atom. The fourth-order valence-corrected chi connectivity index (χ4v) is 6.98. The molecule has 2 rings (SSSR count). The Kier molecular flexibility index (Phi) is 4.47. The summed E-state index contributed by atoms with van der Waals surface area (Å²) in [5, 5.41) is 1.28. The summed E-state index contributed by atoms with van der Waals surface area (Å²) in [5.41, 5.74) is 1.44. The van der Waals surface area contributed by atoms with E-state index in [2.05, 4.69) is 78.3 Å². The predicted molar refractivity (Wildman–Crippen MR) is 80.8 cm³/mol. The molecule has 2 heteroatoms. The molecule has 0 bridgehead atoms. The number of benzene rings is 2. The van der Waals surface area contributed by atoms with Gasteiger partial charge in [-0.25, -0.2) is 0 Å². The van der Waals surface area contributed by atoms with E-state index >= 15 is 0 Å². The van der Waals surface area contributed by atoms with Crippen LogP contribution in [0.15, 0.2) is 53.0 Å². The molecule has 0 radical (unpaired) electrons. The molecule has 0 aliphatic carbocycles. The van der Waals surface area contributed by atoms with Crippen molar-refractivity contribution in [2.45, 2.75) is 19.1 Å². The van der Waals surface area contributed by atoms with Crippen LogP contribution in [0.5, 0.6) is 0 Å². The first-order chi connectivity index (χ1) is 8.22. The van der Waals surface area contributed by atoms with E-state index in [4.69, 9.17) is 0 Å². The Morgan fingerprint density at radius 2 is 1.65 bits per heavy atom. The van der Waals surface area contributed by atoms with Crippen LogP contribution in [0.3, 0.4) is 0 Å². The molecule has 0 saturated carbocycles. The summed E-state index contributed by atoms with van der Waals surface area (Å²) in [7, 11) is 0. The van der Waals surface area contributed by atoms with E-state index < -0.39 is 14.7 Å². The standard InChI is InChI=1S/C15H16AsBr/c1-3-16(13-8-10-14(17)11-9-13)15-7-5-4-6-12(15)2/h4-11H,3H2,1-2H3. The Hall–Kier alpha value is -0.522. The minimum atomic E-state index is -1.09. The SMILES string of the molecule is CC[As](c1ccc(Br)cc1)c1ccccc1C. The summed E-state index contributed by atoms with van der Waals surface area (Å²) in [6.45, 7) is 4.54. The molecule has 88 valence electrons. The average molecular weight is 351 g/mol. The summed E-state index contributed by atoms with van der Waals surface area (Å²) in [5.74, 6) is 0. The van der Waals surface area contributed by atoms with Gasteiger partial charge in [0.15, 0.2) is 0 Å². The van der Waals surface area contributed by atoms with Crippen molar-refractivity contribution in [3.8, 4) is 0 Å². The zero-order valence-electron chi connectivity index (χ0n) is 10.2. The summed E-state index contributed by atoms with van der Waals surface area (Å²) in [4.78, 5) is 0. The Labute approximate surface area is 116 Å². The van der Waals surface area contributed by atoms with Gasteiger partial charge in [-0.05, 0) is 0 Å². The number of hydrogen-bond acceptors (Lipinski definition) is 0. The first-order valence-corrected chi connectivity index (χ1v) is 9.80. The van der Waals surface area contributed by atoms with E-state index in [-0.39, 0.29) is 0 Å². The monoisotopic (exact) mass is 350 g/mol. The van der Waals surface area contributed by atoms with Crippen molar-refractivity contribution in [2.75, 3.05) is 0 Å². The van der Waals surface area contributed by atoms with Gasteiger partial charge >= 0.3 is 117 Å². The normalized spacial score (nSPS) is 12.4. The second-order valence-corrected chi connectivity index (χ2v) is 10.1. The fraction of sp³-hybridized carbons (Fsp3) is 0.200. The van der Waals surface area contributed by atoms with Gasteiger partial charge < -0.3 is 0 Å². The zero-order chi connectivity index (χ0) is 12.3. The Balaban J connectivity index is 2.40. The summed E-state index contributed by atoms with van der Waals surface area (Å²) >= 11 is 2.42. The van der Waals surface area contributed by atoms with Crippen molar-refractivity contribution in [3.05, 3.63) is 58.6 Å². The number of hydrogen-bond donors (Lipinski definition) is 0.